The van der Waals surface area contributed by atoms with Gasteiger partial charge in [0.15, 0.2) is 12.6 Å². The zero-order valence-electron chi connectivity index (χ0n) is 24.0. The van der Waals surface area contributed by atoms with Crippen LogP contribution in [0.3, 0.4) is 0 Å². The lowest BCUT2D eigenvalue weighted by molar-refractivity contribution is -0.373. The SMILES string of the molecule is CCc1cc(CC)c(C2OC[C@@H]3OC(c4cc(CC)c(CC)cc4CC)O[C@H]([C@H](O)CO)[C@@H]3O2)cc1CC. The molecule has 2 fully saturated rings. The first-order valence-electron chi connectivity index (χ1n) is 14.6. The highest BCUT2D eigenvalue weighted by Gasteiger charge is 2.48. The van der Waals surface area contributed by atoms with Gasteiger partial charge in [-0.3, -0.25) is 0 Å². The summed E-state index contributed by atoms with van der Waals surface area (Å²) in [6.07, 6.45) is 1.44. The van der Waals surface area contributed by atoms with Crippen LogP contribution in [-0.4, -0.2) is 47.8 Å². The number of hydrogen-bond acceptors (Lipinski definition) is 6. The van der Waals surface area contributed by atoms with Gasteiger partial charge in [0.2, 0.25) is 0 Å². The summed E-state index contributed by atoms with van der Waals surface area (Å²) in [6, 6.07) is 8.93. The average Bonchev–Trinajstić information content (AvgIpc) is 2.98. The summed E-state index contributed by atoms with van der Waals surface area (Å²) in [5.74, 6) is 0. The monoisotopic (exact) mass is 526 g/mol. The molecule has 0 amide bonds. The van der Waals surface area contributed by atoms with Gasteiger partial charge >= 0.3 is 0 Å². The van der Waals surface area contributed by atoms with E-state index in [4.69, 9.17) is 18.9 Å². The first-order valence-corrected chi connectivity index (χ1v) is 14.6. The molecule has 0 spiro atoms. The number of fused-ring (bicyclic) bond motifs is 1. The molecule has 6 nitrogen and oxygen atoms in total. The minimum Gasteiger partial charge on any atom is -0.394 e. The summed E-state index contributed by atoms with van der Waals surface area (Å²) < 4.78 is 25.7. The summed E-state index contributed by atoms with van der Waals surface area (Å²) in [5, 5.41) is 20.8. The van der Waals surface area contributed by atoms with Crippen molar-refractivity contribution >= 4 is 0 Å². The van der Waals surface area contributed by atoms with Crippen molar-refractivity contribution in [1.29, 1.82) is 0 Å². The second-order valence-electron chi connectivity index (χ2n) is 10.4. The van der Waals surface area contributed by atoms with Gasteiger partial charge in [-0.15, -0.1) is 0 Å². The molecule has 2 aromatic rings. The Balaban J connectivity index is 1.65. The molecular formula is C32H46O6. The number of benzene rings is 2. The van der Waals surface area contributed by atoms with Gasteiger partial charge in [0.1, 0.15) is 24.4 Å². The van der Waals surface area contributed by atoms with Gasteiger partial charge in [0.25, 0.3) is 0 Å². The average molecular weight is 527 g/mol. The fourth-order valence-corrected chi connectivity index (χ4v) is 5.97. The molecule has 2 unspecified atom stereocenters. The Morgan fingerprint density at radius 3 is 1.61 bits per heavy atom. The second-order valence-corrected chi connectivity index (χ2v) is 10.4. The molecule has 2 heterocycles. The van der Waals surface area contributed by atoms with Gasteiger partial charge in [-0.25, -0.2) is 0 Å². The van der Waals surface area contributed by atoms with Crippen LogP contribution < -0.4 is 0 Å². The molecule has 38 heavy (non-hydrogen) atoms. The van der Waals surface area contributed by atoms with E-state index in [2.05, 4.69) is 65.8 Å². The van der Waals surface area contributed by atoms with E-state index in [1.165, 1.54) is 33.4 Å². The Labute approximate surface area is 228 Å². The molecule has 0 bridgehead atoms. The number of hydrogen-bond donors (Lipinski definition) is 2. The Morgan fingerprint density at radius 2 is 1.13 bits per heavy atom. The van der Waals surface area contributed by atoms with Crippen LogP contribution in [0.4, 0.5) is 0 Å². The lowest BCUT2D eigenvalue weighted by atomic mass is 9.92. The van der Waals surface area contributed by atoms with Crippen molar-refractivity contribution in [3.63, 3.8) is 0 Å². The highest BCUT2D eigenvalue weighted by Crippen LogP contribution is 2.41. The molecule has 2 saturated heterocycles. The number of aryl methyl sites for hydroxylation is 6. The van der Waals surface area contributed by atoms with E-state index in [0.717, 1.165) is 49.7 Å². The summed E-state index contributed by atoms with van der Waals surface area (Å²) in [6.45, 7) is 12.9. The topological polar surface area (TPSA) is 77.4 Å². The first-order chi connectivity index (χ1) is 18.4. The van der Waals surface area contributed by atoms with Crippen LogP contribution in [0.5, 0.6) is 0 Å². The molecule has 2 aliphatic heterocycles. The van der Waals surface area contributed by atoms with Gasteiger partial charge in [-0.05, 0) is 71.9 Å². The van der Waals surface area contributed by atoms with Crippen molar-refractivity contribution in [2.45, 2.75) is 117 Å². The third kappa shape index (κ3) is 5.72. The van der Waals surface area contributed by atoms with Crippen LogP contribution in [-0.2, 0) is 57.5 Å². The maximum absolute atomic E-state index is 10.9. The third-order valence-corrected chi connectivity index (χ3v) is 8.24. The van der Waals surface area contributed by atoms with Crippen molar-refractivity contribution in [3.8, 4) is 0 Å². The first kappa shape index (κ1) is 29.2. The van der Waals surface area contributed by atoms with Crippen LogP contribution >= 0.6 is 0 Å². The van der Waals surface area contributed by atoms with Crippen LogP contribution in [0.25, 0.3) is 0 Å². The van der Waals surface area contributed by atoms with Crippen LogP contribution in [0, 0.1) is 0 Å². The van der Waals surface area contributed by atoms with Crippen molar-refractivity contribution in [1.82, 2.24) is 0 Å². The van der Waals surface area contributed by atoms with Crippen molar-refractivity contribution < 1.29 is 29.2 Å². The minimum atomic E-state index is -1.10. The Kier molecular flexibility index (Phi) is 10.0. The van der Waals surface area contributed by atoms with Gasteiger partial charge in [-0.2, -0.15) is 0 Å². The molecule has 2 aliphatic rings. The van der Waals surface area contributed by atoms with E-state index in [9.17, 15) is 10.2 Å². The maximum atomic E-state index is 10.9. The second kappa shape index (κ2) is 13.0. The predicted octanol–water partition coefficient (Wildman–Crippen LogP) is 5.31. The van der Waals surface area contributed by atoms with E-state index in [-0.39, 0.29) is 0 Å². The molecule has 2 N–H and O–H groups in total. The summed E-state index contributed by atoms with van der Waals surface area (Å²) in [5.41, 5.74) is 9.65. The number of aliphatic hydroxyl groups excluding tert-OH is 2. The fourth-order valence-electron chi connectivity index (χ4n) is 5.97. The van der Waals surface area contributed by atoms with Crippen LogP contribution in [0.2, 0.25) is 0 Å². The normalized spacial score (nSPS) is 26.3. The van der Waals surface area contributed by atoms with Crippen molar-refractivity contribution in [3.05, 3.63) is 68.8 Å². The van der Waals surface area contributed by atoms with Gasteiger partial charge in [0, 0.05) is 11.1 Å². The van der Waals surface area contributed by atoms with E-state index in [1.54, 1.807) is 0 Å². The quantitative estimate of drug-likeness (QED) is 0.437. The molecule has 4 rings (SSSR count). The van der Waals surface area contributed by atoms with Gasteiger partial charge < -0.3 is 29.2 Å². The molecule has 6 heteroatoms. The smallest absolute Gasteiger partial charge is 0.185 e. The van der Waals surface area contributed by atoms with Crippen molar-refractivity contribution in [2.75, 3.05) is 13.2 Å². The summed E-state index contributed by atoms with van der Waals surface area (Å²) in [7, 11) is 0. The molecule has 6 atom stereocenters. The maximum Gasteiger partial charge on any atom is 0.185 e. The Morgan fingerprint density at radius 1 is 0.658 bits per heavy atom. The Bertz CT molecular complexity index is 1080. The lowest BCUT2D eigenvalue weighted by Crippen LogP contribution is -2.58. The molecule has 0 aliphatic carbocycles. The zero-order valence-corrected chi connectivity index (χ0v) is 24.0. The largest absolute Gasteiger partial charge is 0.394 e. The molecular weight excluding hydrogens is 480 g/mol. The number of aliphatic hydroxyl groups is 2. The minimum absolute atomic E-state index is 0.319. The highest BCUT2D eigenvalue weighted by atomic mass is 16.8. The van der Waals surface area contributed by atoms with Crippen LogP contribution in [0.15, 0.2) is 24.3 Å². The van der Waals surface area contributed by atoms with Crippen LogP contribution in [0.1, 0.15) is 98.6 Å². The molecule has 2 aromatic carbocycles. The highest BCUT2D eigenvalue weighted by molar-refractivity contribution is 5.41. The fraction of sp³-hybridized carbons (Fsp3) is 0.625. The summed E-state index contributed by atoms with van der Waals surface area (Å²) in [4.78, 5) is 0. The molecule has 0 saturated carbocycles. The number of ether oxygens (including phenoxy) is 4. The summed E-state index contributed by atoms with van der Waals surface area (Å²) >= 11 is 0. The molecule has 0 aromatic heterocycles. The molecule has 210 valence electrons. The molecule has 0 radical (unpaired) electrons. The zero-order chi connectivity index (χ0) is 27.4. The van der Waals surface area contributed by atoms with E-state index >= 15 is 0 Å². The van der Waals surface area contributed by atoms with Gasteiger partial charge in [-0.1, -0.05) is 65.8 Å². The number of rotatable bonds is 10. The third-order valence-electron chi connectivity index (χ3n) is 8.24. The standard InChI is InChI=1S/C32H46O6/c1-7-19-13-23(11-5)25(15-21(19)9-3)31-35-18-28-30(38-31)29(27(34)17-33)37-32(36-28)26-16-22(10-4)20(8-2)14-24(26)12-6/h13-16,27-34H,7-12,17-18H2,1-6H3/t27-,28+,29-,30-,31?,32?/m1/s1. The van der Waals surface area contributed by atoms with E-state index in [1.807, 2.05) is 0 Å². The van der Waals surface area contributed by atoms with E-state index < -0.39 is 43.6 Å². The lowest BCUT2D eigenvalue weighted by Gasteiger charge is -2.47. The van der Waals surface area contributed by atoms with E-state index in [0.29, 0.717) is 6.61 Å². The Hall–Kier alpha value is -1.80. The van der Waals surface area contributed by atoms with Crippen molar-refractivity contribution in [2.24, 2.45) is 0 Å². The van der Waals surface area contributed by atoms with Gasteiger partial charge in [0.05, 0.1) is 13.2 Å². The predicted molar refractivity (Wildman–Crippen MR) is 148 cm³/mol.